The van der Waals surface area contributed by atoms with Crippen LogP contribution in [0.25, 0.3) is 6.08 Å². The van der Waals surface area contributed by atoms with Gasteiger partial charge in [0.2, 0.25) is 0 Å². The van der Waals surface area contributed by atoms with Crippen LogP contribution in [0, 0.1) is 18.3 Å². The average Bonchev–Trinajstić information content (AvgIpc) is 3.28. The number of Topliss-reactive ketones (excluding diaryl/α,β-unsaturated/α-hetero) is 1. The van der Waals surface area contributed by atoms with Gasteiger partial charge < -0.3 is 14.0 Å². The van der Waals surface area contributed by atoms with Crippen LogP contribution >= 0.6 is 27.3 Å². The first kappa shape index (κ1) is 38.6. The number of rotatable bonds is 17. The smallest absolute Gasteiger partial charge is 0.309 e. The molecule has 1 heterocycles. The summed E-state index contributed by atoms with van der Waals surface area (Å²) in [5, 5.41) is 2.88. The van der Waals surface area contributed by atoms with E-state index < -0.39 is 25.9 Å². The van der Waals surface area contributed by atoms with Gasteiger partial charge in [-0.05, 0) is 76.7 Å². The number of ketones is 1. The average molecular weight is 685 g/mol. The first-order chi connectivity index (χ1) is 19.2. The molecule has 238 valence electrons. The van der Waals surface area contributed by atoms with Gasteiger partial charge in [-0.25, -0.2) is 4.98 Å². The highest BCUT2D eigenvalue weighted by Crippen LogP contribution is 2.41. The van der Waals surface area contributed by atoms with E-state index in [0.29, 0.717) is 6.42 Å². The fourth-order valence-electron chi connectivity index (χ4n) is 4.29. The molecule has 0 spiro atoms. The van der Waals surface area contributed by atoms with Crippen LogP contribution in [-0.4, -0.2) is 48.4 Å². The molecule has 1 rings (SSSR count). The van der Waals surface area contributed by atoms with Gasteiger partial charge in [0.15, 0.2) is 14.1 Å². The van der Waals surface area contributed by atoms with Crippen molar-refractivity contribution in [1.82, 2.24) is 4.98 Å². The minimum Gasteiger partial charge on any atom is -0.457 e. The quantitative estimate of drug-likeness (QED) is 0.0535. The number of aryl methyl sites for hydroxylation is 1. The van der Waals surface area contributed by atoms with Gasteiger partial charge in [-0.2, -0.15) is 0 Å². The molecule has 0 amide bonds. The fourth-order valence-corrected chi connectivity index (χ4v) is 6.89. The second-order valence-corrected chi connectivity index (χ2v) is 20.9. The van der Waals surface area contributed by atoms with Crippen molar-refractivity contribution in [3.05, 3.63) is 33.3 Å². The number of ether oxygens (including phenoxy) is 1. The number of thiazole rings is 1. The van der Waals surface area contributed by atoms with Gasteiger partial charge in [0.25, 0.3) is 0 Å². The third-order valence-electron chi connectivity index (χ3n) is 8.33. The molecule has 0 saturated carbocycles. The van der Waals surface area contributed by atoms with Crippen molar-refractivity contribution < 1.29 is 23.5 Å². The number of alkyl halides is 1. The van der Waals surface area contributed by atoms with E-state index >= 15 is 0 Å². The molecule has 0 saturated heterocycles. The summed E-state index contributed by atoms with van der Waals surface area (Å²) in [6.07, 6.45) is 7.17. The van der Waals surface area contributed by atoms with Gasteiger partial charge in [0, 0.05) is 23.1 Å². The zero-order valence-electron chi connectivity index (χ0n) is 27.9. The van der Waals surface area contributed by atoms with Gasteiger partial charge in [0.1, 0.15) is 12.4 Å². The molecular formula is C33H54BrNO5SSi. The van der Waals surface area contributed by atoms with Crippen LogP contribution in [0.3, 0.4) is 0 Å². The first-order valence-corrected chi connectivity index (χ1v) is 19.7. The van der Waals surface area contributed by atoms with E-state index in [1.54, 1.807) is 11.3 Å². The molecule has 6 nitrogen and oxygen atoms in total. The van der Waals surface area contributed by atoms with Crippen molar-refractivity contribution >= 4 is 59.7 Å². The minimum absolute atomic E-state index is 0.00649. The van der Waals surface area contributed by atoms with E-state index in [0.717, 1.165) is 41.8 Å². The lowest BCUT2D eigenvalue weighted by Gasteiger charge is -2.43. The number of hydrogen-bond acceptors (Lipinski definition) is 7. The Hall–Kier alpha value is -1.42. The van der Waals surface area contributed by atoms with Gasteiger partial charge in [-0.15, -0.1) is 11.3 Å². The van der Waals surface area contributed by atoms with E-state index in [1.165, 1.54) is 5.57 Å². The van der Waals surface area contributed by atoms with Crippen LogP contribution in [0.5, 0.6) is 0 Å². The first-order valence-electron chi connectivity index (χ1n) is 15.0. The highest BCUT2D eigenvalue weighted by molar-refractivity contribution is 9.10. The molecule has 4 atom stereocenters. The predicted molar refractivity (Wildman–Crippen MR) is 182 cm³/mol. The Labute approximate surface area is 268 Å². The van der Waals surface area contributed by atoms with E-state index in [9.17, 15) is 14.4 Å². The fraction of sp³-hybridized carbons (Fsp3) is 0.697. The maximum atomic E-state index is 13.6. The summed E-state index contributed by atoms with van der Waals surface area (Å²) in [5.41, 5.74) is 2.05. The van der Waals surface area contributed by atoms with Crippen LogP contribution < -0.4 is 0 Å². The van der Waals surface area contributed by atoms with Crippen molar-refractivity contribution in [1.29, 1.82) is 0 Å². The van der Waals surface area contributed by atoms with Crippen LogP contribution in [0.15, 0.2) is 22.6 Å². The lowest BCUT2D eigenvalue weighted by atomic mass is 9.79. The second-order valence-electron chi connectivity index (χ2n) is 13.7. The molecule has 0 bridgehead atoms. The Morgan fingerprint density at radius 2 is 1.76 bits per heavy atom. The van der Waals surface area contributed by atoms with Gasteiger partial charge in [0.05, 0.1) is 28.1 Å². The number of aromatic nitrogens is 1. The number of aldehydes is 1. The lowest BCUT2D eigenvalue weighted by molar-refractivity contribution is -0.152. The number of carbonyl (C=O) groups excluding carboxylic acids is 3. The largest absolute Gasteiger partial charge is 0.457 e. The molecule has 0 aromatic carbocycles. The monoisotopic (exact) mass is 683 g/mol. The number of nitrogens with zero attached hydrogens (tertiary/aromatic N) is 1. The molecule has 1 unspecified atom stereocenters. The predicted octanol–water partition coefficient (Wildman–Crippen LogP) is 9.27. The van der Waals surface area contributed by atoms with E-state index in [4.69, 9.17) is 9.16 Å². The number of hydrogen-bond donors (Lipinski definition) is 0. The van der Waals surface area contributed by atoms with Crippen LogP contribution in [0.1, 0.15) is 105 Å². The molecule has 0 fully saturated rings. The van der Waals surface area contributed by atoms with E-state index in [1.807, 2.05) is 53.0 Å². The van der Waals surface area contributed by atoms with Crippen LogP contribution in [-0.2, 0) is 23.5 Å². The Morgan fingerprint density at radius 1 is 1.14 bits per heavy atom. The Morgan fingerprint density at radius 3 is 2.26 bits per heavy atom. The Kier molecular flexibility index (Phi) is 15.3. The van der Waals surface area contributed by atoms with Crippen LogP contribution in [0.4, 0.5) is 0 Å². The number of allylic oxidation sites excluding steroid dienone is 1. The third kappa shape index (κ3) is 12.3. The number of halogens is 1. The van der Waals surface area contributed by atoms with Crippen molar-refractivity contribution in [3.63, 3.8) is 0 Å². The van der Waals surface area contributed by atoms with Gasteiger partial charge in [-0.1, -0.05) is 69.1 Å². The van der Waals surface area contributed by atoms with Gasteiger partial charge >= 0.3 is 5.97 Å². The van der Waals surface area contributed by atoms with Crippen molar-refractivity contribution in [2.45, 2.75) is 137 Å². The van der Waals surface area contributed by atoms with Crippen molar-refractivity contribution in [2.24, 2.45) is 11.3 Å². The van der Waals surface area contributed by atoms with E-state index in [2.05, 4.69) is 67.8 Å². The highest BCUT2D eigenvalue weighted by atomic mass is 79.9. The molecule has 1 aromatic heterocycles. The zero-order valence-corrected chi connectivity index (χ0v) is 31.3. The SMILES string of the molecule is C/C(=C/C[C@H](OC(=O)C[C@H](O[Si](C)(C)C(C)(C)C)C(C)(C)C(=O)C(C)Br)/C(C)=C/c1csc(C)n1)CCC[C@H](C)C=O. The zero-order chi connectivity index (χ0) is 32.5. The lowest BCUT2D eigenvalue weighted by Crippen LogP contribution is -2.51. The standard InChI is InChI=1S/C33H54BrNO5SSi/c1-22(14-13-15-23(2)20-36)16-17-28(24(3)18-27-21-41-26(5)35-27)39-30(37)19-29(33(9,10)31(38)25(4)34)40-42(11,12)32(6,7)8/h16,18,20-21,23,25,28-29H,13-15,17,19H2,1-12H3/b22-16-,24-18+/t23-,25?,28-,29-/m0/s1. The second kappa shape index (κ2) is 16.6. The van der Waals surface area contributed by atoms with Crippen molar-refractivity contribution in [3.8, 4) is 0 Å². The van der Waals surface area contributed by atoms with E-state index in [-0.39, 0.29) is 34.0 Å². The topological polar surface area (TPSA) is 82.6 Å². The van der Waals surface area contributed by atoms with Gasteiger partial charge in [-0.3, -0.25) is 9.59 Å². The Balaban J connectivity index is 3.28. The minimum atomic E-state index is -2.31. The summed E-state index contributed by atoms with van der Waals surface area (Å²) >= 11 is 5.02. The Bertz CT molecular complexity index is 1120. The molecule has 0 aliphatic rings. The number of esters is 1. The molecule has 9 heteroatoms. The molecular weight excluding hydrogens is 630 g/mol. The molecule has 42 heavy (non-hydrogen) atoms. The van der Waals surface area contributed by atoms with Crippen molar-refractivity contribution in [2.75, 3.05) is 0 Å². The molecule has 0 aliphatic carbocycles. The summed E-state index contributed by atoms with van der Waals surface area (Å²) < 4.78 is 12.9. The molecule has 0 N–H and O–H groups in total. The molecule has 0 radical (unpaired) electrons. The maximum absolute atomic E-state index is 13.6. The molecule has 0 aliphatic heterocycles. The normalized spacial score (nSPS) is 16.5. The van der Waals surface area contributed by atoms with Crippen LogP contribution in [0.2, 0.25) is 18.1 Å². The highest BCUT2D eigenvalue weighted by Gasteiger charge is 2.47. The summed E-state index contributed by atoms with van der Waals surface area (Å²) in [6, 6.07) is 0. The molecule has 1 aromatic rings. The summed E-state index contributed by atoms with van der Waals surface area (Å²) in [6.45, 7) is 24.2. The summed E-state index contributed by atoms with van der Waals surface area (Å²) in [4.78, 5) is 42.0. The summed E-state index contributed by atoms with van der Waals surface area (Å²) in [5.74, 6) is -0.337. The third-order valence-corrected chi connectivity index (χ3v) is 14.0. The summed E-state index contributed by atoms with van der Waals surface area (Å²) in [7, 11) is -2.31. The maximum Gasteiger partial charge on any atom is 0.309 e. The number of carbonyl (C=O) groups is 3.